The van der Waals surface area contributed by atoms with E-state index in [1.54, 1.807) is 0 Å². The maximum Gasteiger partial charge on any atom is 0.417 e. The lowest BCUT2D eigenvalue weighted by molar-refractivity contribution is -0.253. The highest BCUT2D eigenvalue weighted by Gasteiger charge is 2.51. The van der Waals surface area contributed by atoms with Crippen LogP contribution in [0.25, 0.3) is 0 Å². The molecule has 0 aliphatic rings. The molecule has 0 bridgehead atoms. The first kappa shape index (κ1) is 25.4. The molecule has 0 rings (SSSR count). The fraction of sp³-hybridized carbons (Fsp3) is 0.867. The van der Waals surface area contributed by atoms with E-state index in [4.69, 9.17) is 0 Å². The summed E-state index contributed by atoms with van der Waals surface area (Å²) in [7, 11) is 0. The fourth-order valence-electron chi connectivity index (χ4n) is 1.69. The number of hydrogen-bond acceptors (Lipinski definition) is 4. The topological polar surface area (TPSA) is 98.7 Å². The Morgan fingerprint density at radius 2 is 0.963 bits per heavy atom. The van der Waals surface area contributed by atoms with Crippen LogP contribution < -0.4 is 10.6 Å². The molecule has 0 aliphatic heterocycles. The third-order valence-electron chi connectivity index (χ3n) is 3.76. The summed E-state index contributed by atoms with van der Waals surface area (Å²) < 4.78 is 75.1. The lowest BCUT2D eigenvalue weighted by atomic mass is 9.92. The molecule has 0 aromatic heterocycles. The summed E-state index contributed by atoms with van der Waals surface area (Å²) in [5, 5.41) is 22.8. The van der Waals surface area contributed by atoms with E-state index in [0.717, 1.165) is 0 Å². The maximum atomic E-state index is 12.5. The predicted molar refractivity (Wildman–Crippen MR) is 82.4 cm³/mol. The Labute approximate surface area is 152 Å². The van der Waals surface area contributed by atoms with Crippen LogP contribution in [0, 0.1) is 5.41 Å². The molecule has 0 aliphatic carbocycles. The monoisotopic (exact) mass is 410 g/mol. The van der Waals surface area contributed by atoms with Crippen LogP contribution in [0.15, 0.2) is 0 Å². The minimum atomic E-state index is -5.00. The molecule has 0 fully saturated rings. The molecule has 2 amide bonds. The van der Waals surface area contributed by atoms with Crippen LogP contribution in [0.4, 0.5) is 26.3 Å². The number of rotatable bonds is 8. The average Bonchev–Trinajstić information content (AvgIpc) is 2.40. The third-order valence-corrected chi connectivity index (χ3v) is 3.76. The molecule has 12 heteroatoms. The van der Waals surface area contributed by atoms with Crippen molar-refractivity contribution in [1.29, 1.82) is 0 Å². The highest BCUT2D eigenvalue weighted by Crippen LogP contribution is 2.33. The van der Waals surface area contributed by atoms with E-state index in [-0.39, 0.29) is 13.1 Å². The normalized spacial score (nSPS) is 17.6. The van der Waals surface area contributed by atoms with E-state index in [1.165, 1.54) is 13.8 Å². The van der Waals surface area contributed by atoms with Crippen molar-refractivity contribution in [2.24, 2.45) is 5.41 Å². The van der Waals surface area contributed by atoms with Gasteiger partial charge in [-0.2, -0.15) is 26.3 Å². The van der Waals surface area contributed by atoms with Crippen molar-refractivity contribution >= 4 is 11.8 Å². The van der Waals surface area contributed by atoms with Gasteiger partial charge in [0.25, 0.3) is 0 Å². The lowest BCUT2D eigenvalue weighted by Gasteiger charge is -2.29. The lowest BCUT2D eigenvalue weighted by Crippen LogP contribution is -2.49. The van der Waals surface area contributed by atoms with Crippen molar-refractivity contribution in [3.05, 3.63) is 0 Å². The first-order chi connectivity index (χ1) is 11.7. The Kier molecular flexibility index (Phi) is 7.74. The Morgan fingerprint density at radius 1 is 0.704 bits per heavy atom. The molecule has 0 aromatic carbocycles. The summed E-state index contributed by atoms with van der Waals surface area (Å²) >= 11 is 0. The number of amides is 2. The molecule has 27 heavy (non-hydrogen) atoms. The molecule has 4 N–H and O–H groups in total. The molecule has 6 nitrogen and oxygen atoms in total. The van der Waals surface area contributed by atoms with Gasteiger partial charge in [-0.15, -0.1) is 0 Å². The standard InChI is InChI=1S/C15H24F6N2O4/c1-11(2,7-22-9(24)5-12(3,26)14(16,17)18)8-23-10(25)6-13(4,27)15(19,20)21/h26-27H,5-8H2,1-4H3,(H,22,24)(H,23,25). The first-order valence-corrected chi connectivity index (χ1v) is 7.82. The minimum absolute atomic E-state index is 0.213. The van der Waals surface area contributed by atoms with Gasteiger partial charge >= 0.3 is 12.4 Å². The molecule has 0 aromatic rings. The number of carbonyl (C=O) groups excluding carboxylic acids is 2. The predicted octanol–water partition coefficient (Wildman–Crippen LogP) is 1.65. The molecular weight excluding hydrogens is 386 g/mol. The Morgan fingerprint density at radius 3 is 1.19 bits per heavy atom. The van der Waals surface area contributed by atoms with Gasteiger partial charge in [-0.1, -0.05) is 13.8 Å². The molecule has 160 valence electrons. The molecule has 0 spiro atoms. The van der Waals surface area contributed by atoms with Crippen molar-refractivity contribution in [3.8, 4) is 0 Å². The minimum Gasteiger partial charge on any atom is -0.380 e. The largest absolute Gasteiger partial charge is 0.417 e. The number of nitrogens with one attached hydrogen (secondary N) is 2. The van der Waals surface area contributed by atoms with Crippen LogP contribution in [0.1, 0.15) is 40.5 Å². The molecule has 0 radical (unpaired) electrons. The first-order valence-electron chi connectivity index (χ1n) is 7.82. The van der Waals surface area contributed by atoms with E-state index in [9.17, 15) is 46.1 Å². The van der Waals surface area contributed by atoms with Gasteiger partial charge in [0.05, 0.1) is 12.8 Å². The van der Waals surface area contributed by atoms with Crippen LogP contribution in [0.2, 0.25) is 0 Å². The third kappa shape index (κ3) is 8.33. The van der Waals surface area contributed by atoms with E-state index >= 15 is 0 Å². The van der Waals surface area contributed by atoms with Crippen LogP contribution >= 0.6 is 0 Å². The number of halogens is 6. The maximum absolute atomic E-state index is 12.5. The fourth-order valence-corrected chi connectivity index (χ4v) is 1.69. The number of alkyl halides is 6. The quantitative estimate of drug-likeness (QED) is 0.458. The van der Waals surface area contributed by atoms with Crippen LogP contribution in [0.3, 0.4) is 0 Å². The second-order valence-electron chi connectivity index (χ2n) is 7.61. The van der Waals surface area contributed by atoms with E-state index < -0.39 is 53.6 Å². The second-order valence-corrected chi connectivity index (χ2v) is 7.61. The van der Waals surface area contributed by atoms with Gasteiger partial charge in [0, 0.05) is 13.1 Å². The van der Waals surface area contributed by atoms with Gasteiger partial charge in [-0.05, 0) is 19.3 Å². The summed E-state index contributed by atoms with van der Waals surface area (Å²) in [6.07, 6.45) is -12.5. The van der Waals surface area contributed by atoms with Crippen molar-refractivity contribution in [3.63, 3.8) is 0 Å². The summed E-state index contributed by atoms with van der Waals surface area (Å²) in [6.45, 7) is 3.47. The van der Waals surface area contributed by atoms with E-state index in [1.807, 2.05) is 0 Å². The van der Waals surface area contributed by atoms with Gasteiger partial charge in [-0.3, -0.25) is 9.59 Å². The van der Waals surface area contributed by atoms with Crippen molar-refractivity contribution in [2.45, 2.75) is 64.1 Å². The van der Waals surface area contributed by atoms with Crippen molar-refractivity contribution in [1.82, 2.24) is 10.6 Å². The van der Waals surface area contributed by atoms with E-state index in [2.05, 4.69) is 10.6 Å². The molecule has 0 saturated carbocycles. The molecule has 0 heterocycles. The van der Waals surface area contributed by atoms with Gasteiger partial charge in [-0.25, -0.2) is 0 Å². The molecule has 0 saturated heterocycles. The number of carbonyl (C=O) groups is 2. The Hall–Kier alpha value is -1.56. The average molecular weight is 410 g/mol. The zero-order chi connectivity index (χ0) is 21.9. The van der Waals surface area contributed by atoms with E-state index in [0.29, 0.717) is 13.8 Å². The molecular formula is C15H24F6N2O4. The highest BCUT2D eigenvalue weighted by atomic mass is 19.4. The smallest absolute Gasteiger partial charge is 0.380 e. The van der Waals surface area contributed by atoms with Crippen molar-refractivity contribution in [2.75, 3.05) is 13.1 Å². The van der Waals surface area contributed by atoms with Gasteiger partial charge < -0.3 is 20.8 Å². The van der Waals surface area contributed by atoms with Crippen LogP contribution in [-0.4, -0.2) is 58.7 Å². The van der Waals surface area contributed by atoms with Crippen LogP contribution in [-0.2, 0) is 9.59 Å². The van der Waals surface area contributed by atoms with Crippen LogP contribution in [0.5, 0.6) is 0 Å². The number of aliphatic hydroxyl groups is 2. The summed E-state index contributed by atoms with van der Waals surface area (Å²) in [5.41, 5.74) is -7.34. The van der Waals surface area contributed by atoms with Gasteiger partial charge in [0.2, 0.25) is 11.8 Å². The Balaban J connectivity index is 4.54. The summed E-state index contributed by atoms with van der Waals surface area (Å²) in [5.74, 6) is -2.17. The molecule has 2 unspecified atom stereocenters. The second kappa shape index (κ2) is 8.21. The Bertz CT molecular complexity index is 495. The highest BCUT2D eigenvalue weighted by molar-refractivity contribution is 5.77. The molecule has 2 atom stereocenters. The van der Waals surface area contributed by atoms with Gasteiger partial charge in [0.1, 0.15) is 0 Å². The summed E-state index contributed by atoms with van der Waals surface area (Å²) in [6, 6.07) is 0. The zero-order valence-corrected chi connectivity index (χ0v) is 15.3. The van der Waals surface area contributed by atoms with Gasteiger partial charge in [0.15, 0.2) is 11.2 Å². The number of hydrogen-bond donors (Lipinski definition) is 4. The zero-order valence-electron chi connectivity index (χ0n) is 15.3. The summed E-state index contributed by atoms with van der Waals surface area (Å²) in [4.78, 5) is 23.1. The SMILES string of the molecule is CC(C)(CNC(=O)CC(C)(O)C(F)(F)F)CNC(=O)CC(C)(O)C(F)(F)F. The van der Waals surface area contributed by atoms with Crippen molar-refractivity contribution < 1.29 is 46.1 Å².